The molecular weight excluding hydrogens is 887 g/mol. The van der Waals surface area contributed by atoms with Gasteiger partial charge in [-0.15, -0.1) is 0 Å². The molecule has 322 valence electrons. The van der Waals surface area contributed by atoms with Crippen molar-refractivity contribution in [3.05, 3.63) is 160 Å². The predicted octanol–water partition coefficient (Wildman–Crippen LogP) is -2.02. The van der Waals surface area contributed by atoms with Crippen LogP contribution in [0.3, 0.4) is 0 Å². The maximum absolute atomic E-state index is 10.3. The maximum Gasteiger partial charge on any atom is 2.00 e. The molecule has 8 N–H and O–H groups in total. The standard InChI is InChI=1S/4C7H5NO4.2C2H6O.2Cu.2H2O/c4*9-7(10)5-3-1-2-4-6(5)8(11)12;2*1-2-3;;;;/h4*1-4H,(H,9,10);2*3H,2H2,1H3;;;2*1H2/q;;;;;;2*+2;;/p-2. The van der Waals surface area contributed by atoms with Crippen molar-refractivity contribution in [2.75, 3.05) is 13.2 Å². The van der Waals surface area contributed by atoms with E-state index in [4.69, 9.17) is 10.2 Å². The van der Waals surface area contributed by atoms with Crippen LogP contribution in [-0.2, 0) is 45.1 Å². The number of aromatic carboxylic acids is 4. The van der Waals surface area contributed by atoms with Gasteiger partial charge in [-0.05, 0) is 38.1 Å². The zero-order chi connectivity index (χ0) is 42.0. The smallest absolute Gasteiger partial charge is 0.545 e. The fourth-order valence-corrected chi connectivity index (χ4v) is 3.22. The van der Waals surface area contributed by atoms with Gasteiger partial charge in [0.05, 0.1) is 65.8 Å². The van der Waals surface area contributed by atoms with Gasteiger partial charge in [0.1, 0.15) is 0 Å². The fraction of sp³-hybridized carbons (Fsp3) is 0.125. The van der Waals surface area contributed by atoms with Crippen molar-refractivity contribution in [2.24, 2.45) is 0 Å². The average Bonchev–Trinajstić information content (AvgIpc) is 3.13. The monoisotopic (exact) mass is 920 g/mol. The van der Waals surface area contributed by atoms with E-state index in [9.17, 15) is 80.1 Å². The van der Waals surface area contributed by atoms with Crippen molar-refractivity contribution in [2.45, 2.75) is 13.8 Å². The fourth-order valence-electron chi connectivity index (χ4n) is 3.22. The van der Waals surface area contributed by atoms with Crippen LogP contribution in [0.25, 0.3) is 0 Å². The summed E-state index contributed by atoms with van der Waals surface area (Å²) >= 11 is 0. The van der Waals surface area contributed by atoms with Gasteiger partial charge in [-0.1, -0.05) is 48.5 Å². The maximum atomic E-state index is 10.3. The molecule has 24 nitrogen and oxygen atoms in total. The van der Waals surface area contributed by atoms with Crippen LogP contribution in [0.15, 0.2) is 97.1 Å². The van der Waals surface area contributed by atoms with E-state index in [1.54, 1.807) is 13.8 Å². The van der Waals surface area contributed by atoms with Crippen molar-refractivity contribution >= 4 is 46.6 Å². The zero-order valence-electron chi connectivity index (χ0n) is 29.6. The van der Waals surface area contributed by atoms with E-state index in [2.05, 4.69) is 0 Å². The molecule has 0 aliphatic rings. The van der Waals surface area contributed by atoms with Gasteiger partial charge < -0.3 is 60.8 Å². The molecule has 0 bridgehead atoms. The molecule has 0 saturated heterocycles. The Hall–Kier alpha value is -6.76. The van der Waals surface area contributed by atoms with Gasteiger partial charge in [0, 0.05) is 37.5 Å². The molecule has 4 aromatic rings. The summed E-state index contributed by atoms with van der Waals surface area (Å²) in [7, 11) is 0. The van der Waals surface area contributed by atoms with Crippen LogP contribution >= 0.6 is 0 Å². The first-order valence-corrected chi connectivity index (χ1v) is 14.3. The third kappa shape index (κ3) is 23.9. The topological polar surface area (TPSA) is 440 Å². The number of nitro groups is 4. The Labute approximate surface area is 347 Å². The van der Waals surface area contributed by atoms with Crippen molar-refractivity contribution in [3.8, 4) is 0 Å². The third-order valence-corrected chi connectivity index (χ3v) is 5.28. The summed E-state index contributed by atoms with van der Waals surface area (Å²) in [6, 6.07) is 20.2. The van der Waals surface area contributed by atoms with Crippen LogP contribution in [0.5, 0.6) is 0 Å². The van der Waals surface area contributed by atoms with E-state index in [1.165, 1.54) is 48.5 Å². The van der Waals surface area contributed by atoms with Gasteiger partial charge in [-0.2, -0.15) is 0 Å². The predicted molar refractivity (Wildman–Crippen MR) is 185 cm³/mol. The molecule has 58 heavy (non-hydrogen) atoms. The number of carbonyl (C=O) groups is 4. The molecule has 26 heteroatoms. The second kappa shape index (κ2) is 34.7. The summed E-state index contributed by atoms with van der Waals surface area (Å²) in [6.45, 7) is 3.86. The van der Waals surface area contributed by atoms with Crippen LogP contribution in [0.2, 0.25) is 0 Å². The molecule has 2 radical (unpaired) electrons. The minimum Gasteiger partial charge on any atom is -0.545 e. The molecule has 0 saturated carbocycles. The third-order valence-electron chi connectivity index (χ3n) is 5.28. The Kier molecular flexibility index (Phi) is 37.8. The van der Waals surface area contributed by atoms with E-state index >= 15 is 0 Å². The van der Waals surface area contributed by atoms with Crippen LogP contribution in [0, 0.1) is 40.5 Å². The van der Waals surface area contributed by atoms with Gasteiger partial charge in [0.2, 0.25) is 0 Å². The second-order valence-corrected chi connectivity index (χ2v) is 8.88. The molecule has 0 atom stereocenters. The number of carbonyl (C=O) groups excluding carboxylic acids is 4. The van der Waals surface area contributed by atoms with Gasteiger partial charge in [0.15, 0.2) is 0 Å². The molecule has 4 rings (SSSR count). The summed E-state index contributed by atoms with van der Waals surface area (Å²) in [6.07, 6.45) is 0. The van der Waals surface area contributed by atoms with Crippen LogP contribution in [-0.4, -0.2) is 67.0 Å². The van der Waals surface area contributed by atoms with Gasteiger partial charge in [-0.25, -0.2) is 0 Å². The van der Waals surface area contributed by atoms with Crippen LogP contribution in [0.4, 0.5) is 22.7 Å². The van der Waals surface area contributed by atoms with E-state index in [1.807, 2.05) is 0 Å². The molecule has 0 unspecified atom stereocenters. The van der Waals surface area contributed by atoms with Gasteiger partial charge >= 0.3 is 34.1 Å². The van der Waals surface area contributed by atoms with Crippen molar-refractivity contribution < 1.29 is 115 Å². The summed E-state index contributed by atoms with van der Waals surface area (Å²) < 4.78 is 0. The Bertz CT molecular complexity index is 1530. The number of para-hydroxylation sites is 4. The number of aliphatic hydroxyl groups excluding tert-OH is 2. The number of rotatable bonds is 8. The van der Waals surface area contributed by atoms with Crippen molar-refractivity contribution in [3.63, 3.8) is 0 Å². The molecular formula is C32H34Cu2N4O20+2. The summed E-state index contributed by atoms with van der Waals surface area (Å²) in [4.78, 5) is 79.2. The average molecular weight is 922 g/mol. The summed E-state index contributed by atoms with van der Waals surface area (Å²) in [5.41, 5.74) is -3.39. The minimum absolute atomic E-state index is 0. The number of nitrogens with zero attached hydrogens (tertiary/aromatic N) is 4. The van der Waals surface area contributed by atoms with E-state index in [0.29, 0.717) is 0 Å². The number of hydrogen-bond donors (Lipinski definition) is 2. The number of hydrogen-bond acceptors (Lipinski definition) is 18. The van der Waals surface area contributed by atoms with Crippen LogP contribution < -0.4 is 20.4 Å². The van der Waals surface area contributed by atoms with E-state index in [0.717, 1.165) is 48.5 Å². The number of nitro benzene ring substituents is 4. The quantitative estimate of drug-likeness (QED) is 0.0833. The van der Waals surface area contributed by atoms with Crippen molar-refractivity contribution in [1.29, 1.82) is 0 Å². The molecule has 0 spiro atoms. The van der Waals surface area contributed by atoms with E-state index in [-0.39, 0.29) is 58.3 Å². The molecule has 0 aliphatic heterocycles. The largest absolute Gasteiger partial charge is 2.00 e. The molecule has 0 aromatic heterocycles. The Morgan fingerprint density at radius 2 is 0.534 bits per heavy atom. The first kappa shape index (κ1) is 63.2. The number of aliphatic hydroxyl groups is 2. The minimum atomic E-state index is -1.54. The summed E-state index contributed by atoms with van der Waals surface area (Å²) in [5, 5.41) is 97.3. The first-order chi connectivity index (χ1) is 25.3. The van der Waals surface area contributed by atoms with E-state index < -0.39 is 88.6 Å². The number of carboxylic acids is 4. The summed E-state index contributed by atoms with van der Waals surface area (Å²) in [5.74, 6) is -6.16. The molecule has 0 aliphatic carbocycles. The molecule has 0 heterocycles. The Morgan fingerprint density at radius 3 is 0.621 bits per heavy atom. The second-order valence-electron chi connectivity index (χ2n) is 8.88. The van der Waals surface area contributed by atoms with Gasteiger partial charge in [0.25, 0.3) is 22.7 Å². The number of carboxylic acid groups (broad SMARTS) is 4. The normalized spacial score (nSPS) is 8.34. The van der Waals surface area contributed by atoms with Crippen molar-refractivity contribution in [1.82, 2.24) is 0 Å². The molecule has 4 aromatic carbocycles. The Morgan fingerprint density at radius 1 is 0.414 bits per heavy atom. The van der Waals surface area contributed by atoms with Gasteiger partial charge in [-0.3, -0.25) is 40.5 Å². The zero-order valence-corrected chi connectivity index (χ0v) is 31.5. The molecule has 0 fully saturated rings. The molecule has 0 amide bonds. The SMILES string of the molecule is CCO.CCO.O=C([O-])c1ccccc1[N+](=O)[O-].O=C([O-])c1ccccc1[N+](=O)[O-].O=C([O-])c1ccccc1[N+](=O)[O-].O=C([O-])c1ccccc1[N+](=O)[O-].[Cu+2].[Cu+2].[OH3+].[OH3+]. The van der Waals surface area contributed by atoms with Crippen LogP contribution in [0.1, 0.15) is 55.3 Å². The Balaban J connectivity index is -0.000000145. The first-order valence-electron chi connectivity index (χ1n) is 14.3. The number of benzene rings is 4.